The van der Waals surface area contributed by atoms with Crippen LogP contribution >= 0.6 is 7.60 Å². The lowest BCUT2D eigenvalue weighted by Gasteiger charge is -2.04. The summed E-state index contributed by atoms with van der Waals surface area (Å²) in [5, 5.41) is 0. The Morgan fingerprint density at radius 1 is 1.07 bits per heavy atom. The second-order valence-electron chi connectivity index (χ2n) is 3.32. The van der Waals surface area contributed by atoms with Crippen molar-refractivity contribution >= 4 is 7.60 Å². The maximum Gasteiger partial charge on any atom is 0.405 e. The summed E-state index contributed by atoms with van der Waals surface area (Å²) < 4.78 is 20.9. The van der Waals surface area contributed by atoms with Gasteiger partial charge in [-0.2, -0.15) is 0 Å². The summed E-state index contributed by atoms with van der Waals surface area (Å²) >= 11 is 0. The molecule has 0 aromatic heterocycles. The molecule has 0 aromatic rings. The maximum absolute atomic E-state index is 11.5. The Kier molecular flexibility index (Phi) is 8.80. The molecule has 0 aromatic carbocycles. The van der Waals surface area contributed by atoms with Crippen LogP contribution in [0, 0.1) is 11.6 Å². The highest BCUT2D eigenvalue weighted by molar-refractivity contribution is 7.59. The van der Waals surface area contributed by atoms with Crippen LogP contribution in [-0.2, 0) is 13.6 Å². The van der Waals surface area contributed by atoms with Gasteiger partial charge in [-0.05, 0) is 6.42 Å². The van der Waals surface area contributed by atoms with Gasteiger partial charge in [0, 0.05) is 26.3 Å². The molecule has 0 saturated carbocycles. The number of unbranched alkanes of at least 4 members (excludes halogenated alkanes) is 5. The lowest BCUT2D eigenvalue weighted by molar-refractivity contribution is 0.288. The topological polar surface area (TPSA) is 35.5 Å². The molecular weight excluding hydrogens is 211 g/mol. The highest BCUT2D eigenvalue weighted by Crippen LogP contribution is 2.44. The van der Waals surface area contributed by atoms with E-state index in [1.165, 1.54) is 39.9 Å². The van der Waals surface area contributed by atoms with Gasteiger partial charge in [0.15, 0.2) is 0 Å². The summed E-state index contributed by atoms with van der Waals surface area (Å²) in [6, 6.07) is 0. The summed E-state index contributed by atoms with van der Waals surface area (Å²) in [4.78, 5) is 0. The van der Waals surface area contributed by atoms with E-state index in [1.54, 1.807) is 0 Å². The van der Waals surface area contributed by atoms with Crippen LogP contribution in [0.3, 0.4) is 0 Å². The van der Waals surface area contributed by atoms with E-state index in [9.17, 15) is 4.57 Å². The van der Waals surface area contributed by atoms with Crippen molar-refractivity contribution in [1.82, 2.24) is 0 Å². The fraction of sp³-hybridized carbons (Fsp3) is 0.818. The largest absolute Gasteiger partial charge is 0.405 e. The number of hydrogen-bond acceptors (Lipinski definition) is 3. The van der Waals surface area contributed by atoms with Crippen LogP contribution in [0.4, 0.5) is 0 Å². The van der Waals surface area contributed by atoms with Gasteiger partial charge in [-0.25, -0.2) is 4.57 Å². The maximum atomic E-state index is 11.5. The van der Waals surface area contributed by atoms with Gasteiger partial charge in [-0.3, -0.25) is 0 Å². The third kappa shape index (κ3) is 7.62. The Hall–Kier alpha value is -0.290. The Labute approximate surface area is 93.1 Å². The van der Waals surface area contributed by atoms with E-state index < -0.39 is 7.60 Å². The highest BCUT2D eigenvalue weighted by atomic mass is 31.2. The highest BCUT2D eigenvalue weighted by Gasteiger charge is 2.15. The molecule has 0 aliphatic heterocycles. The standard InChI is InChI=1S/C11H21O3P/c1-4-5-6-7-8-9-10-11-15(12,13-2)14-3/h4-9H2,1-3H3. The lowest BCUT2D eigenvalue weighted by atomic mass is 10.1. The zero-order chi connectivity index (χ0) is 11.6. The molecule has 0 fully saturated rings. The number of hydrogen-bond donors (Lipinski definition) is 0. The molecule has 0 radical (unpaired) electrons. The van der Waals surface area contributed by atoms with Crippen molar-refractivity contribution in [3.05, 3.63) is 0 Å². The zero-order valence-corrected chi connectivity index (χ0v) is 10.8. The van der Waals surface area contributed by atoms with E-state index in [2.05, 4.69) is 18.5 Å². The van der Waals surface area contributed by atoms with Crippen LogP contribution in [0.5, 0.6) is 0 Å². The molecule has 0 N–H and O–H groups in total. The average molecular weight is 232 g/mol. The van der Waals surface area contributed by atoms with Crippen molar-refractivity contribution in [2.45, 2.75) is 45.4 Å². The first-order valence-corrected chi connectivity index (χ1v) is 6.94. The van der Waals surface area contributed by atoms with E-state index in [0.29, 0.717) is 0 Å². The Balaban J connectivity index is 3.66. The zero-order valence-electron chi connectivity index (χ0n) is 9.91. The minimum atomic E-state index is -3.10. The fourth-order valence-corrected chi connectivity index (χ4v) is 1.77. The first-order chi connectivity index (χ1) is 7.18. The molecule has 0 saturated heterocycles. The SMILES string of the molecule is CCCCCCCC#CP(=O)(OC)OC. The third-order valence-corrected chi connectivity index (χ3v) is 3.50. The van der Waals surface area contributed by atoms with E-state index in [-0.39, 0.29) is 0 Å². The predicted molar refractivity (Wildman–Crippen MR) is 62.8 cm³/mol. The Morgan fingerprint density at radius 2 is 1.67 bits per heavy atom. The van der Waals surface area contributed by atoms with E-state index in [1.807, 2.05) is 0 Å². The molecule has 0 spiro atoms. The first-order valence-electron chi connectivity index (χ1n) is 5.40. The van der Waals surface area contributed by atoms with Crippen molar-refractivity contribution in [2.75, 3.05) is 14.2 Å². The summed E-state index contributed by atoms with van der Waals surface area (Å²) in [6.45, 7) is 2.19. The van der Waals surface area contributed by atoms with Crippen LogP contribution in [0.25, 0.3) is 0 Å². The molecular formula is C11H21O3P. The van der Waals surface area contributed by atoms with E-state index >= 15 is 0 Å². The van der Waals surface area contributed by atoms with E-state index in [0.717, 1.165) is 12.8 Å². The summed E-state index contributed by atoms with van der Waals surface area (Å²) in [7, 11) is -0.409. The minimum absolute atomic E-state index is 0.764. The van der Waals surface area contributed by atoms with Crippen LogP contribution in [0.2, 0.25) is 0 Å². The first kappa shape index (κ1) is 14.7. The van der Waals surface area contributed by atoms with Gasteiger partial charge < -0.3 is 9.05 Å². The van der Waals surface area contributed by atoms with Crippen LogP contribution in [0.1, 0.15) is 45.4 Å². The normalized spacial score (nSPS) is 10.9. The van der Waals surface area contributed by atoms with Crippen LogP contribution in [-0.4, -0.2) is 14.2 Å². The second-order valence-corrected chi connectivity index (χ2v) is 5.26. The fourth-order valence-electron chi connectivity index (χ4n) is 1.14. The lowest BCUT2D eigenvalue weighted by Crippen LogP contribution is -1.84. The van der Waals surface area contributed by atoms with Gasteiger partial charge >= 0.3 is 7.60 Å². The van der Waals surface area contributed by atoms with Gasteiger partial charge in [0.25, 0.3) is 0 Å². The third-order valence-electron chi connectivity index (χ3n) is 2.10. The summed E-state index contributed by atoms with van der Waals surface area (Å²) in [6.07, 6.45) is 6.79. The second kappa shape index (κ2) is 8.97. The van der Waals surface area contributed by atoms with Crippen molar-refractivity contribution < 1.29 is 13.6 Å². The molecule has 0 bridgehead atoms. The van der Waals surface area contributed by atoms with Gasteiger partial charge in [-0.15, -0.1) is 0 Å². The van der Waals surface area contributed by atoms with Gasteiger partial charge in [0.05, 0.1) is 0 Å². The van der Waals surface area contributed by atoms with Gasteiger partial charge in [0.2, 0.25) is 0 Å². The molecule has 3 nitrogen and oxygen atoms in total. The van der Waals surface area contributed by atoms with E-state index in [4.69, 9.17) is 9.05 Å². The Morgan fingerprint density at radius 3 is 2.20 bits per heavy atom. The molecule has 0 unspecified atom stereocenters. The summed E-state index contributed by atoms with van der Waals surface area (Å²) in [5.41, 5.74) is 2.55. The smallest absolute Gasteiger partial charge is 0.303 e. The van der Waals surface area contributed by atoms with Crippen molar-refractivity contribution in [3.63, 3.8) is 0 Å². The summed E-state index contributed by atoms with van der Waals surface area (Å²) in [5.74, 6) is 2.84. The molecule has 0 aliphatic carbocycles. The van der Waals surface area contributed by atoms with Crippen LogP contribution < -0.4 is 0 Å². The van der Waals surface area contributed by atoms with Crippen molar-refractivity contribution in [3.8, 4) is 11.6 Å². The molecule has 15 heavy (non-hydrogen) atoms. The molecule has 0 atom stereocenters. The predicted octanol–water partition coefficient (Wildman–Crippen LogP) is 3.79. The minimum Gasteiger partial charge on any atom is -0.303 e. The molecule has 0 rings (SSSR count). The van der Waals surface area contributed by atoms with Crippen molar-refractivity contribution in [2.24, 2.45) is 0 Å². The number of rotatable bonds is 7. The average Bonchev–Trinajstić information content (AvgIpc) is 2.27. The van der Waals surface area contributed by atoms with Gasteiger partial charge in [-0.1, -0.05) is 38.5 Å². The molecule has 0 heterocycles. The molecule has 4 heteroatoms. The monoisotopic (exact) mass is 232 g/mol. The molecule has 0 aliphatic rings. The van der Waals surface area contributed by atoms with Crippen LogP contribution in [0.15, 0.2) is 0 Å². The Bertz CT molecular complexity index is 244. The van der Waals surface area contributed by atoms with Gasteiger partial charge in [0.1, 0.15) is 0 Å². The molecule has 88 valence electrons. The van der Waals surface area contributed by atoms with Crippen molar-refractivity contribution in [1.29, 1.82) is 0 Å². The molecule has 0 amide bonds. The quantitative estimate of drug-likeness (QED) is 0.380.